The molecule has 0 radical (unpaired) electrons. The van der Waals surface area contributed by atoms with Crippen LogP contribution in [0.3, 0.4) is 0 Å². The van der Waals surface area contributed by atoms with Crippen molar-refractivity contribution in [1.82, 2.24) is 19.3 Å². The van der Waals surface area contributed by atoms with E-state index in [-0.39, 0.29) is 24.1 Å². The molecule has 1 fully saturated rings. The number of hydrogen-bond acceptors (Lipinski definition) is 7. The summed E-state index contributed by atoms with van der Waals surface area (Å²) in [5, 5.41) is 7.33. The first-order chi connectivity index (χ1) is 10.5. The van der Waals surface area contributed by atoms with Crippen LogP contribution in [0.4, 0.5) is 0 Å². The zero-order chi connectivity index (χ0) is 16.3. The van der Waals surface area contributed by atoms with Crippen molar-refractivity contribution in [1.29, 1.82) is 0 Å². The molecule has 0 N–H and O–H groups in total. The van der Waals surface area contributed by atoms with Crippen molar-refractivity contribution in [2.45, 2.75) is 44.0 Å². The number of ether oxygens (including phenoxy) is 2. The Kier molecular flexibility index (Phi) is 5.14. The van der Waals surface area contributed by atoms with Gasteiger partial charge in [0, 0.05) is 26.1 Å². The Morgan fingerprint density at radius 3 is 2.77 bits per heavy atom. The van der Waals surface area contributed by atoms with Gasteiger partial charge in [0.05, 0.1) is 19.4 Å². The van der Waals surface area contributed by atoms with E-state index in [1.165, 1.54) is 18.0 Å². The summed E-state index contributed by atoms with van der Waals surface area (Å²) in [6.07, 6.45) is 1.11. The SMILES string of the molecule is CCO[C@@H]1C[C@@H](C(=O)OC)N(S(=O)(=O)c2cnnn2CC)C1. The highest BCUT2D eigenvalue weighted by molar-refractivity contribution is 7.89. The second-order valence-electron chi connectivity index (χ2n) is 4.81. The van der Waals surface area contributed by atoms with E-state index in [1.807, 2.05) is 6.92 Å². The van der Waals surface area contributed by atoms with Crippen LogP contribution < -0.4 is 0 Å². The third-order valence-corrected chi connectivity index (χ3v) is 5.41. The van der Waals surface area contributed by atoms with E-state index in [0.29, 0.717) is 13.2 Å². The lowest BCUT2D eigenvalue weighted by atomic mass is 10.2. The minimum absolute atomic E-state index is 0.0407. The average molecular weight is 332 g/mol. The Hall–Kier alpha value is -1.52. The zero-order valence-electron chi connectivity index (χ0n) is 12.8. The molecule has 124 valence electrons. The summed E-state index contributed by atoms with van der Waals surface area (Å²) in [7, 11) is -2.67. The third-order valence-electron chi connectivity index (χ3n) is 3.55. The van der Waals surface area contributed by atoms with E-state index in [0.717, 1.165) is 4.31 Å². The summed E-state index contributed by atoms with van der Waals surface area (Å²) in [5.74, 6) is -0.596. The van der Waals surface area contributed by atoms with Crippen molar-refractivity contribution in [3.8, 4) is 0 Å². The van der Waals surface area contributed by atoms with E-state index in [9.17, 15) is 13.2 Å². The van der Waals surface area contributed by atoms with Crippen molar-refractivity contribution in [3.05, 3.63) is 6.20 Å². The van der Waals surface area contributed by atoms with Gasteiger partial charge in [0.25, 0.3) is 10.0 Å². The maximum absolute atomic E-state index is 12.8. The smallest absolute Gasteiger partial charge is 0.324 e. The predicted octanol–water partition coefficient (Wildman–Crippen LogP) is -0.361. The molecule has 1 aliphatic rings. The molecule has 1 aromatic heterocycles. The van der Waals surface area contributed by atoms with Gasteiger partial charge in [-0.05, 0) is 13.8 Å². The van der Waals surface area contributed by atoms with Gasteiger partial charge in [0.2, 0.25) is 0 Å². The number of nitrogens with zero attached hydrogens (tertiary/aromatic N) is 4. The number of sulfonamides is 1. The molecule has 0 bridgehead atoms. The first-order valence-electron chi connectivity index (χ1n) is 7.05. The normalized spacial score (nSPS) is 22.9. The largest absolute Gasteiger partial charge is 0.468 e. The molecular formula is C12H20N4O5S. The molecular weight excluding hydrogens is 312 g/mol. The molecule has 0 aliphatic carbocycles. The van der Waals surface area contributed by atoms with Gasteiger partial charge in [-0.3, -0.25) is 4.79 Å². The third kappa shape index (κ3) is 2.99. The lowest BCUT2D eigenvalue weighted by Gasteiger charge is -2.21. The number of carbonyl (C=O) groups is 1. The van der Waals surface area contributed by atoms with Crippen molar-refractivity contribution in [3.63, 3.8) is 0 Å². The van der Waals surface area contributed by atoms with Crippen LogP contribution in [0, 0.1) is 0 Å². The van der Waals surface area contributed by atoms with E-state index in [1.54, 1.807) is 6.92 Å². The van der Waals surface area contributed by atoms with Crippen LogP contribution in [-0.4, -0.2) is 66.1 Å². The summed E-state index contributed by atoms with van der Waals surface area (Å²) in [5.41, 5.74) is 0. The number of hydrogen-bond donors (Lipinski definition) is 0. The first kappa shape index (κ1) is 16.8. The summed E-state index contributed by atoms with van der Waals surface area (Å²) in [6.45, 7) is 4.49. The van der Waals surface area contributed by atoms with E-state index in [4.69, 9.17) is 9.47 Å². The highest BCUT2D eigenvalue weighted by Crippen LogP contribution is 2.28. The standard InChI is InChI=1S/C12H20N4O5S/c1-4-15-11(7-13-14-15)22(18,19)16-8-9(21-5-2)6-10(16)12(17)20-3/h7,9-10H,4-6,8H2,1-3H3/t9-,10+/m1/s1. The molecule has 0 spiro atoms. The van der Waals surface area contributed by atoms with Crippen molar-refractivity contribution < 1.29 is 22.7 Å². The number of methoxy groups -OCH3 is 1. The molecule has 2 heterocycles. The van der Waals surface area contributed by atoms with E-state index >= 15 is 0 Å². The van der Waals surface area contributed by atoms with E-state index < -0.39 is 22.0 Å². The molecule has 0 saturated carbocycles. The van der Waals surface area contributed by atoms with Gasteiger partial charge in [-0.1, -0.05) is 5.21 Å². The molecule has 9 nitrogen and oxygen atoms in total. The lowest BCUT2D eigenvalue weighted by molar-refractivity contribution is -0.144. The summed E-state index contributed by atoms with van der Waals surface area (Å²) < 4.78 is 38.2. The Bertz CT molecular complexity index is 629. The van der Waals surface area contributed by atoms with Crippen molar-refractivity contribution in [2.24, 2.45) is 0 Å². The fourth-order valence-corrected chi connectivity index (χ4v) is 4.25. The van der Waals surface area contributed by atoms with Crippen LogP contribution in [0.25, 0.3) is 0 Å². The molecule has 1 aliphatic heterocycles. The minimum Gasteiger partial charge on any atom is -0.468 e. The number of aromatic nitrogens is 3. The van der Waals surface area contributed by atoms with Crippen molar-refractivity contribution in [2.75, 3.05) is 20.3 Å². The van der Waals surface area contributed by atoms with E-state index in [2.05, 4.69) is 10.3 Å². The number of aryl methyl sites for hydroxylation is 1. The van der Waals surface area contributed by atoms with Crippen LogP contribution in [0.15, 0.2) is 11.2 Å². The highest BCUT2D eigenvalue weighted by Gasteiger charge is 2.46. The fraction of sp³-hybridized carbons (Fsp3) is 0.750. The predicted molar refractivity (Wildman–Crippen MR) is 75.4 cm³/mol. The second-order valence-corrected chi connectivity index (χ2v) is 6.65. The van der Waals surface area contributed by atoms with Gasteiger partial charge >= 0.3 is 5.97 Å². The molecule has 0 amide bonds. The summed E-state index contributed by atoms with van der Waals surface area (Å²) in [4.78, 5) is 11.9. The minimum atomic E-state index is -3.90. The van der Waals surface area contributed by atoms with Crippen LogP contribution in [0.2, 0.25) is 0 Å². The molecule has 1 saturated heterocycles. The fourth-order valence-electron chi connectivity index (χ4n) is 2.53. The highest BCUT2D eigenvalue weighted by atomic mass is 32.2. The molecule has 1 aromatic rings. The van der Waals surface area contributed by atoms with Crippen molar-refractivity contribution >= 4 is 16.0 Å². The molecule has 22 heavy (non-hydrogen) atoms. The average Bonchev–Trinajstić information content (AvgIpc) is 3.13. The molecule has 0 unspecified atom stereocenters. The van der Waals surface area contributed by atoms with Gasteiger partial charge in [0.15, 0.2) is 5.03 Å². The Balaban J connectivity index is 2.36. The molecule has 2 rings (SSSR count). The Morgan fingerprint density at radius 2 is 2.18 bits per heavy atom. The maximum Gasteiger partial charge on any atom is 0.324 e. The first-order valence-corrected chi connectivity index (χ1v) is 8.49. The Labute approximate surface area is 129 Å². The van der Waals surface area contributed by atoms with Gasteiger partial charge in [-0.15, -0.1) is 5.10 Å². The molecule has 0 aromatic carbocycles. The Morgan fingerprint density at radius 1 is 1.45 bits per heavy atom. The lowest BCUT2D eigenvalue weighted by Crippen LogP contribution is -2.41. The molecule has 2 atom stereocenters. The van der Waals surface area contributed by atoms with Gasteiger partial charge in [-0.2, -0.15) is 4.31 Å². The number of carbonyl (C=O) groups excluding carboxylic acids is 1. The van der Waals surface area contributed by atoms with Crippen LogP contribution >= 0.6 is 0 Å². The van der Waals surface area contributed by atoms with Crippen LogP contribution in [-0.2, 0) is 30.8 Å². The van der Waals surface area contributed by atoms with Crippen LogP contribution in [0.5, 0.6) is 0 Å². The summed E-state index contributed by atoms with van der Waals surface area (Å²) >= 11 is 0. The van der Waals surface area contributed by atoms with Crippen LogP contribution in [0.1, 0.15) is 20.3 Å². The molecule has 10 heteroatoms. The summed E-state index contributed by atoms with van der Waals surface area (Å²) in [6, 6.07) is -0.897. The van der Waals surface area contributed by atoms with Gasteiger partial charge in [0.1, 0.15) is 6.04 Å². The number of rotatable bonds is 6. The number of esters is 1. The zero-order valence-corrected chi connectivity index (χ0v) is 13.6. The van der Waals surface area contributed by atoms with Gasteiger partial charge in [-0.25, -0.2) is 13.1 Å². The second kappa shape index (κ2) is 6.71. The quantitative estimate of drug-likeness (QED) is 0.655. The van der Waals surface area contributed by atoms with Gasteiger partial charge < -0.3 is 9.47 Å². The topological polar surface area (TPSA) is 104 Å². The maximum atomic E-state index is 12.8. The monoisotopic (exact) mass is 332 g/mol.